The smallest absolute Gasteiger partial charge is 0.242 e. The number of ether oxygens (including phenoxy) is 1. The summed E-state index contributed by atoms with van der Waals surface area (Å²) in [6, 6.07) is 0.388. The van der Waals surface area contributed by atoms with Crippen LogP contribution in [0.3, 0.4) is 0 Å². The second-order valence-electron chi connectivity index (χ2n) is 5.79. The molecule has 0 aromatic heterocycles. The first kappa shape index (κ1) is 18.5. The SMILES string of the molecule is CCNC(=NCC(=O)NC1CC1)NCC1(C)CCCO1.I. The van der Waals surface area contributed by atoms with Gasteiger partial charge in [-0.2, -0.15) is 0 Å². The molecule has 1 aliphatic carbocycles. The van der Waals surface area contributed by atoms with Crippen LogP contribution in [0.25, 0.3) is 0 Å². The second-order valence-corrected chi connectivity index (χ2v) is 5.79. The summed E-state index contributed by atoms with van der Waals surface area (Å²) in [4.78, 5) is 15.9. The Morgan fingerprint density at radius 3 is 2.71 bits per heavy atom. The molecule has 21 heavy (non-hydrogen) atoms. The number of amides is 1. The summed E-state index contributed by atoms with van der Waals surface area (Å²) in [5, 5.41) is 9.34. The fraction of sp³-hybridized carbons (Fsp3) is 0.857. The van der Waals surface area contributed by atoms with E-state index in [-0.39, 0.29) is 42.0 Å². The van der Waals surface area contributed by atoms with Gasteiger partial charge in [0.2, 0.25) is 5.91 Å². The van der Waals surface area contributed by atoms with Gasteiger partial charge in [0.25, 0.3) is 0 Å². The molecule has 1 saturated heterocycles. The van der Waals surface area contributed by atoms with Crippen LogP contribution in [-0.4, -0.2) is 49.8 Å². The van der Waals surface area contributed by atoms with Crippen LogP contribution in [0.5, 0.6) is 0 Å². The second kappa shape index (κ2) is 8.77. The molecule has 0 radical (unpaired) electrons. The fourth-order valence-corrected chi connectivity index (χ4v) is 2.24. The summed E-state index contributed by atoms with van der Waals surface area (Å²) >= 11 is 0. The van der Waals surface area contributed by atoms with Gasteiger partial charge in [-0.1, -0.05) is 0 Å². The highest BCUT2D eigenvalue weighted by Gasteiger charge is 2.29. The zero-order chi connectivity index (χ0) is 14.4. The zero-order valence-corrected chi connectivity index (χ0v) is 15.2. The van der Waals surface area contributed by atoms with E-state index < -0.39 is 0 Å². The Morgan fingerprint density at radius 1 is 1.38 bits per heavy atom. The van der Waals surface area contributed by atoms with E-state index in [1.807, 2.05) is 6.92 Å². The summed E-state index contributed by atoms with van der Waals surface area (Å²) in [5.74, 6) is 0.670. The van der Waals surface area contributed by atoms with Crippen molar-refractivity contribution in [2.24, 2.45) is 4.99 Å². The number of carbonyl (C=O) groups is 1. The van der Waals surface area contributed by atoms with Gasteiger partial charge in [0.05, 0.1) is 5.60 Å². The topological polar surface area (TPSA) is 74.8 Å². The number of hydrogen-bond acceptors (Lipinski definition) is 3. The van der Waals surface area contributed by atoms with Gasteiger partial charge in [0.15, 0.2) is 5.96 Å². The van der Waals surface area contributed by atoms with Crippen molar-refractivity contribution in [1.82, 2.24) is 16.0 Å². The fourth-order valence-electron chi connectivity index (χ4n) is 2.24. The van der Waals surface area contributed by atoms with E-state index in [4.69, 9.17) is 4.74 Å². The van der Waals surface area contributed by atoms with Crippen LogP contribution in [0.15, 0.2) is 4.99 Å². The number of rotatable bonds is 6. The van der Waals surface area contributed by atoms with Crippen molar-refractivity contribution in [3.05, 3.63) is 0 Å². The molecule has 3 N–H and O–H groups in total. The Hall–Kier alpha value is -0.570. The highest BCUT2D eigenvalue weighted by Crippen LogP contribution is 2.23. The average Bonchev–Trinajstić information content (AvgIpc) is 3.12. The molecule has 1 aliphatic heterocycles. The van der Waals surface area contributed by atoms with Gasteiger partial charge in [-0.05, 0) is 39.5 Å². The first-order valence-electron chi connectivity index (χ1n) is 7.57. The van der Waals surface area contributed by atoms with Gasteiger partial charge in [0, 0.05) is 25.7 Å². The maximum atomic E-state index is 11.6. The van der Waals surface area contributed by atoms with Gasteiger partial charge < -0.3 is 20.7 Å². The molecule has 122 valence electrons. The Bertz CT molecular complexity index is 366. The van der Waals surface area contributed by atoms with Crippen molar-refractivity contribution in [2.45, 2.75) is 51.2 Å². The number of aliphatic imine (C=N–C) groups is 1. The van der Waals surface area contributed by atoms with Crippen LogP contribution in [-0.2, 0) is 9.53 Å². The molecule has 1 unspecified atom stereocenters. The summed E-state index contributed by atoms with van der Waals surface area (Å²) in [6.07, 6.45) is 4.37. The molecule has 7 heteroatoms. The van der Waals surface area contributed by atoms with Crippen LogP contribution in [0.1, 0.15) is 39.5 Å². The molecule has 2 aliphatic rings. The lowest BCUT2D eigenvalue weighted by atomic mass is 10.0. The van der Waals surface area contributed by atoms with Gasteiger partial charge >= 0.3 is 0 Å². The highest BCUT2D eigenvalue weighted by molar-refractivity contribution is 14.0. The molecular formula is C14H27IN4O2. The Labute approximate surface area is 143 Å². The van der Waals surface area contributed by atoms with E-state index in [2.05, 4.69) is 27.9 Å². The third kappa shape index (κ3) is 6.82. The van der Waals surface area contributed by atoms with Crippen LogP contribution in [0.2, 0.25) is 0 Å². The standard InChI is InChI=1S/C14H26N4O2.HI/c1-3-15-13(16-9-12(19)18-11-5-6-11)17-10-14(2)7-4-8-20-14;/h11H,3-10H2,1-2H3,(H,18,19)(H2,15,16,17);1H. The van der Waals surface area contributed by atoms with E-state index in [1.165, 1.54) is 0 Å². The molecule has 1 atom stereocenters. The van der Waals surface area contributed by atoms with Gasteiger partial charge in [0.1, 0.15) is 6.54 Å². The molecule has 0 bridgehead atoms. The summed E-state index contributed by atoms with van der Waals surface area (Å²) in [5.41, 5.74) is -0.119. The van der Waals surface area contributed by atoms with Crippen molar-refractivity contribution in [3.63, 3.8) is 0 Å². The number of hydrogen-bond donors (Lipinski definition) is 3. The van der Waals surface area contributed by atoms with Gasteiger partial charge in [-0.3, -0.25) is 4.79 Å². The Balaban J connectivity index is 0.00000220. The van der Waals surface area contributed by atoms with Crippen LogP contribution in [0.4, 0.5) is 0 Å². The monoisotopic (exact) mass is 410 g/mol. The molecule has 1 saturated carbocycles. The molecule has 6 nitrogen and oxygen atoms in total. The van der Waals surface area contributed by atoms with Crippen LogP contribution in [0, 0.1) is 0 Å². The van der Waals surface area contributed by atoms with Gasteiger partial charge in [-0.15, -0.1) is 24.0 Å². The Morgan fingerprint density at radius 2 is 2.14 bits per heavy atom. The maximum absolute atomic E-state index is 11.6. The first-order valence-corrected chi connectivity index (χ1v) is 7.57. The highest BCUT2D eigenvalue weighted by atomic mass is 127. The zero-order valence-electron chi connectivity index (χ0n) is 12.9. The molecular weight excluding hydrogens is 383 g/mol. The minimum absolute atomic E-state index is 0. The van der Waals surface area contributed by atoms with E-state index in [1.54, 1.807) is 0 Å². The first-order chi connectivity index (χ1) is 9.61. The predicted molar refractivity (Wildman–Crippen MR) is 94.2 cm³/mol. The van der Waals surface area contributed by atoms with E-state index in [0.717, 1.165) is 38.8 Å². The lowest BCUT2D eigenvalue weighted by Gasteiger charge is -2.24. The maximum Gasteiger partial charge on any atom is 0.242 e. The molecule has 0 aromatic carbocycles. The van der Waals surface area contributed by atoms with E-state index >= 15 is 0 Å². The van der Waals surface area contributed by atoms with Crippen molar-refractivity contribution in [2.75, 3.05) is 26.2 Å². The number of nitrogens with zero attached hydrogens (tertiary/aromatic N) is 1. The predicted octanol–water partition coefficient (Wildman–Crippen LogP) is 1.01. The quantitative estimate of drug-likeness (QED) is 0.347. The largest absolute Gasteiger partial charge is 0.373 e. The molecule has 1 amide bonds. The summed E-state index contributed by atoms with van der Waals surface area (Å²) < 4.78 is 5.73. The molecule has 2 rings (SSSR count). The average molecular weight is 410 g/mol. The third-order valence-corrected chi connectivity index (χ3v) is 3.60. The third-order valence-electron chi connectivity index (χ3n) is 3.60. The van der Waals surface area contributed by atoms with Crippen molar-refractivity contribution >= 4 is 35.8 Å². The van der Waals surface area contributed by atoms with Crippen molar-refractivity contribution in [3.8, 4) is 0 Å². The number of halogens is 1. The number of guanidine groups is 1. The lowest BCUT2D eigenvalue weighted by molar-refractivity contribution is -0.119. The van der Waals surface area contributed by atoms with Crippen LogP contribution < -0.4 is 16.0 Å². The minimum Gasteiger partial charge on any atom is -0.373 e. The van der Waals surface area contributed by atoms with E-state index in [9.17, 15) is 4.79 Å². The summed E-state index contributed by atoms with van der Waals surface area (Å²) in [7, 11) is 0. The molecule has 1 heterocycles. The summed E-state index contributed by atoms with van der Waals surface area (Å²) in [6.45, 7) is 6.60. The van der Waals surface area contributed by atoms with E-state index in [0.29, 0.717) is 18.5 Å². The Kier molecular flexibility index (Phi) is 7.72. The molecule has 0 spiro atoms. The van der Waals surface area contributed by atoms with Crippen molar-refractivity contribution in [1.29, 1.82) is 0 Å². The van der Waals surface area contributed by atoms with Gasteiger partial charge in [-0.25, -0.2) is 4.99 Å². The number of carbonyl (C=O) groups excluding carboxylic acids is 1. The van der Waals surface area contributed by atoms with Crippen LogP contribution >= 0.6 is 24.0 Å². The molecule has 2 fully saturated rings. The lowest BCUT2D eigenvalue weighted by Crippen LogP contribution is -2.46. The minimum atomic E-state index is -0.119. The van der Waals surface area contributed by atoms with Crippen molar-refractivity contribution < 1.29 is 9.53 Å². The normalized spacial score (nSPS) is 25.1. The molecule has 0 aromatic rings. The number of nitrogens with one attached hydrogen (secondary N) is 3.